The van der Waals surface area contributed by atoms with Crippen molar-refractivity contribution in [3.8, 4) is 0 Å². The summed E-state index contributed by atoms with van der Waals surface area (Å²) in [5.74, 6) is 0.622. The lowest BCUT2D eigenvalue weighted by Crippen LogP contribution is -2.25. The first kappa shape index (κ1) is 14.2. The number of nitrogens with zero attached hydrogens (tertiary/aromatic N) is 2. The highest BCUT2D eigenvalue weighted by atomic mass is 32.1. The Balaban J connectivity index is 1.83. The lowest BCUT2D eigenvalue weighted by Gasteiger charge is -2.09. The highest BCUT2D eigenvalue weighted by Gasteiger charge is 2.27. The second kappa shape index (κ2) is 6.30. The van der Waals surface area contributed by atoms with E-state index in [1.54, 1.807) is 17.4 Å². The summed E-state index contributed by atoms with van der Waals surface area (Å²) in [6.07, 6.45) is 5.98. The largest absolute Gasteiger partial charge is 0.344 e. The molecule has 0 saturated heterocycles. The second-order valence-corrected chi connectivity index (χ2v) is 6.17. The summed E-state index contributed by atoms with van der Waals surface area (Å²) in [4.78, 5) is 18.3. The van der Waals surface area contributed by atoms with Gasteiger partial charge in [-0.05, 0) is 33.9 Å². The van der Waals surface area contributed by atoms with Crippen LogP contribution in [0.2, 0.25) is 0 Å². The van der Waals surface area contributed by atoms with Gasteiger partial charge in [-0.25, -0.2) is 4.98 Å². The summed E-state index contributed by atoms with van der Waals surface area (Å²) in [5, 5.41) is 6.22. The fraction of sp³-hybridized carbons (Fsp3) is 0.571. The smallest absolute Gasteiger partial charge is 0.244 e. The Morgan fingerprint density at radius 2 is 2.37 bits per heavy atom. The fourth-order valence-electron chi connectivity index (χ4n) is 1.72. The van der Waals surface area contributed by atoms with E-state index in [4.69, 9.17) is 0 Å². The first-order valence-corrected chi connectivity index (χ1v) is 7.51. The van der Waals surface area contributed by atoms with Crippen LogP contribution in [0.1, 0.15) is 42.4 Å². The van der Waals surface area contributed by atoms with E-state index in [0.29, 0.717) is 5.92 Å². The summed E-state index contributed by atoms with van der Waals surface area (Å²) < 4.78 is 0. The highest BCUT2D eigenvalue weighted by molar-refractivity contribution is 7.09. The number of carbonyl (C=O) groups is 1. The Bertz CT molecular complexity index is 463. The van der Waals surface area contributed by atoms with Gasteiger partial charge in [0.05, 0.1) is 16.7 Å². The second-order valence-electron chi connectivity index (χ2n) is 5.28. The van der Waals surface area contributed by atoms with Crippen LogP contribution < -0.4 is 5.32 Å². The van der Waals surface area contributed by atoms with Crippen LogP contribution in [-0.4, -0.2) is 36.4 Å². The van der Waals surface area contributed by atoms with Crippen LogP contribution in [0.5, 0.6) is 0 Å². The molecule has 1 aliphatic rings. The number of thiazole rings is 1. The van der Waals surface area contributed by atoms with Crippen LogP contribution in [0.4, 0.5) is 0 Å². The molecule has 1 N–H and O–H groups in total. The predicted octanol–water partition coefficient (Wildman–Crippen LogP) is 2.32. The van der Waals surface area contributed by atoms with Crippen molar-refractivity contribution in [2.45, 2.75) is 31.7 Å². The number of hydrogen-bond donors (Lipinski definition) is 1. The van der Waals surface area contributed by atoms with E-state index in [1.165, 1.54) is 17.8 Å². The SMILES string of the molecule is CC(NC(=O)/C=C/CN(C)C)c1csc(C2CC2)n1. The van der Waals surface area contributed by atoms with Crippen LogP contribution in [-0.2, 0) is 4.79 Å². The molecule has 1 aromatic heterocycles. The zero-order chi connectivity index (χ0) is 13.8. The third kappa shape index (κ3) is 4.44. The molecule has 1 fully saturated rings. The van der Waals surface area contributed by atoms with Gasteiger partial charge in [-0.3, -0.25) is 4.79 Å². The third-order valence-corrected chi connectivity index (χ3v) is 4.03. The van der Waals surface area contributed by atoms with Crippen molar-refractivity contribution in [2.75, 3.05) is 20.6 Å². The Morgan fingerprint density at radius 1 is 1.63 bits per heavy atom. The molecule has 1 saturated carbocycles. The van der Waals surface area contributed by atoms with Crippen LogP contribution in [0.3, 0.4) is 0 Å². The van der Waals surface area contributed by atoms with Crippen molar-refractivity contribution in [1.29, 1.82) is 0 Å². The van der Waals surface area contributed by atoms with Gasteiger partial charge in [-0.1, -0.05) is 6.08 Å². The van der Waals surface area contributed by atoms with Gasteiger partial charge >= 0.3 is 0 Å². The molecule has 0 radical (unpaired) electrons. The summed E-state index contributed by atoms with van der Waals surface area (Å²) in [6, 6.07) is -0.0275. The van der Waals surface area contributed by atoms with Gasteiger partial charge in [0, 0.05) is 23.9 Å². The van der Waals surface area contributed by atoms with Crippen LogP contribution in [0, 0.1) is 0 Å². The Kier molecular flexibility index (Phi) is 4.71. The average Bonchev–Trinajstić information content (AvgIpc) is 3.06. The van der Waals surface area contributed by atoms with Crippen molar-refractivity contribution >= 4 is 17.2 Å². The Morgan fingerprint density at radius 3 is 3.00 bits per heavy atom. The molecule has 2 rings (SSSR count). The van der Waals surface area contributed by atoms with Crippen molar-refractivity contribution in [3.63, 3.8) is 0 Å². The van der Waals surface area contributed by atoms with Gasteiger partial charge in [0.15, 0.2) is 0 Å². The van der Waals surface area contributed by atoms with E-state index in [9.17, 15) is 4.79 Å². The van der Waals surface area contributed by atoms with Crippen molar-refractivity contribution in [1.82, 2.24) is 15.2 Å². The molecule has 19 heavy (non-hydrogen) atoms. The summed E-state index contributed by atoms with van der Waals surface area (Å²) in [7, 11) is 3.94. The van der Waals surface area contributed by atoms with Crippen LogP contribution >= 0.6 is 11.3 Å². The number of hydrogen-bond acceptors (Lipinski definition) is 4. The number of rotatable bonds is 6. The highest BCUT2D eigenvalue weighted by Crippen LogP contribution is 2.41. The van der Waals surface area contributed by atoms with Gasteiger partial charge in [0.25, 0.3) is 0 Å². The number of carbonyl (C=O) groups excluding carboxylic acids is 1. The molecule has 1 heterocycles. The van der Waals surface area contributed by atoms with Crippen molar-refractivity contribution in [2.24, 2.45) is 0 Å². The van der Waals surface area contributed by atoms with E-state index in [0.717, 1.165) is 12.2 Å². The number of nitrogens with one attached hydrogen (secondary N) is 1. The standard InChI is InChI=1S/C14H21N3OS/c1-10(15-13(18)5-4-8-17(2)3)12-9-19-14(16-12)11-6-7-11/h4-5,9-11H,6-8H2,1-3H3,(H,15,18)/b5-4+. The summed E-state index contributed by atoms with van der Waals surface area (Å²) in [6.45, 7) is 2.74. The Labute approximate surface area is 118 Å². The number of amides is 1. The normalized spacial score (nSPS) is 17.1. The maximum atomic E-state index is 11.7. The van der Waals surface area contributed by atoms with Gasteiger partial charge in [0.2, 0.25) is 5.91 Å². The molecule has 1 unspecified atom stereocenters. The fourth-order valence-corrected chi connectivity index (χ4v) is 2.81. The van der Waals surface area contributed by atoms with Gasteiger partial charge in [-0.2, -0.15) is 0 Å². The molecule has 0 spiro atoms. The average molecular weight is 279 g/mol. The van der Waals surface area contributed by atoms with Gasteiger partial charge < -0.3 is 10.2 Å². The maximum Gasteiger partial charge on any atom is 0.244 e. The van der Waals surface area contributed by atoms with E-state index < -0.39 is 0 Å². The first-order valence-electron chi connectivity index (χ1n) is 6.63. The molecule has 1 aromatic rings. The zero-order valence-electron chi connectivity index (χ0n) is 11.7. The summed E-state index contributed by atoms with van der Waals surface area (Å²) in [5.41, 5.74) is 0.973. The third-order valence-electron chi connectivity index (χ3n) is 3.01. The van der Waals surface area contributed by atoms with Crippen molar-refractivity contribution in [3.05, 3.63) is 28.2 Å². The lowest BCUT2D eigenvalue weighted by molar-refractivity contribution is -0.117. The topological polar surface area (TPSA) is 45.2 Å². The van der Waals surface area contributed by atoms with E-state index in [1.807, 2.05) is 32.0 Å². The number of aromatic nitrogens is 1. The summed E-state index contributed by atoms with van der Waals surface area (Å²) >= 11 is 1.71. The molecular formula is C14H21N3OS. The minimum absolute atomic E-state index is 0.0275. The van der Waals surface area contributed by atoms with Gasteiger partial charge in [0.1, 0.15) is 0 Å². The minimum atomic E-state index is -0.0599. The zero-order valence-corrected chi connectivity index (χ0v) is 12.5. The quantitative estimate of drug-likeness (QED) is 0.813. The van der Waals surface area contributed by atoms with Crippen LogP contribution in [0.15, 0.2) is 17.5 Å². The molecule has 0 bridgehead atoms. The molecule has 4 nitrogen and oxygen atoms in total. The van der Waals surface area contributed by atoms with E-state index in [-0.39, 0.29) is 11.9 Å². The van der Waals surface area contributed by atoms with E-state index >= 15 is 0 Å². The number of likely N-dealkylation sites (N-methyl/N-ethyl adjacent to an activating group) is 1. The monoisotopic (exact) mass is 279 g/mol. The lowest BCUT2D eigenvalue weighted by atomic mass is 10.2. The molecule has 0 aromatic carbocycles. The van der Waals surface area contributed by atoms with Crippen molar-refractivity contribution < 1.29 is 4.79 Å². The molecule has 5 heteroatoms. The molecule has 1 atom stereocenters. The molecular weight excluding hydrogens is 258 g/mol. The molecule has 1 aliphatic carbocycles. The predicted molar refractivity (Wildman–Crippen MR) is 78.3 cm³/mol. The van der Waals surface area contributed by atoms with Crippen LogP contribution in [0.25, 0.3) is 0 Å². The first-order chi connectivity index (χ1) is 9.06. The molecule has 0 aliphatic heterocycles. The Hall–Kier alpha value is -1.20. The van der Waals surface area contributed by atoms with E-state index in [2.05, 4.69) is 15.7 Å². The minimum Gasteiger partial charge on any atom is -0.344 e. The maximum absolute atomic E-state index is 11.7. The van der Waals surface area contributed by atoms with Gasteiger partial charge in [-0.15, -0.1) is 11.3 Å². The molecule has 104 valence electrons. The molecule has 1 amide bonds.